The van der Waals surface area contributed by atoms with Crippen molar-refractivity contribution < 1.29 is 23.8 Å². The van der Waals surface area contributed by atoms with E-state index in [9.17, 15) is 9.90 Å². The SMILES string of the molecule is CCOC(=O)CCCOc1ccccc1-c1cc2cc(O)ccc2o1. The number of carbonyl (C=O) groups is 1. The topological polar surface area (TPSA) is 68.9 Å². The maximum absolute atomic E-state index is 11.4. The number of furan rings is 1. The molecule has 0 saturated carbocycles. The highest BCUT2D eigenvalue weighted by atomic mass is 16.5. The van der Waals surface area contributed by atoms with Crippen LogP contribution >= 0.6 is 0 Å². The number of para-hydroxylation sites is 1. The van der Waals surface area contributed by atoms with Gasteiger partial charge in [0.15, 0.2) is 0 Å². The molecule has 0 saturated heterocycles. The fourth-order valence-corrected chi connectivity index (χ4v) is 2.59. The Bertz CT molecular complexity index is 865. The third-order valence-corrected chi connectivity index (χ3v) is 3.74. The summed E-state index contributed by atoms with van der Waals surface area (Å²) < 4.78 is 16.6. The summed E-state index contributed by atoms with van der Waals surface area (Å²) in [4.78, 5) is 11.4. The van der Waals surface area contributed by atoms with Gasteiger partial charge in [-0.2, -0.15) is 0 Å². The highest BCUT2D eigenvalue weighted by molar-refractivity contribution is 5.85. The number of benzene rings is 2. The molecule has 0 atom stereocenters. The summed E-state index contributed by atoms with van der Waals surface area (Å²) in [6.45, 7) is 2.60. The number of phenols is 1. The van der Waals surface area contributed by atoms with E-state index < -0.39 is 0 Å². The molecule has 3 rings (SSSR count). The van der Waals surface area contributed by atoms with Gasteiger partial charge in [-0.15, -0.1) is 0 Å². The van der Waals surface area contributed by atoms with Crippen molar-refractivity contribution in [2.24, 2.45) is 0 Å². The maximum Gasteiger partial charge on any atom is 0.305 e. The summed E-state index contributed by atoms with van der Waals surface area (Å²) in [6, 6.07) is 14.4. The third kappa shape index (κ3) is 4.12. The van der Waals surface area contributed by atoms with Crippen LogP contribution in [0.15, 0.2) is 52.9 Å². The van der Waals surface area contributed by atoms with Gasteiger partial charge in [0.05, 0.1) is 18.8 Å². The molecule has 5 nitrogen and oxygen atoms in total. The maximum atomic E-state index is 11.4. The number of esters is 1. The molecule has 0 fully saturated rings. The molecule has 25 heavy (non-hydrogen) atoms. The first-order valence-corrected chi connectivity index (χ1v) is 8.27. The fourth-order valence-electron chi connectivity index (χ4n) is 2.59. The standard InChI is InChI=1S/C20H20O5/c1-2-23-20(22)8-5-11-24-18-7-4-3-6-16(18)19-13-14-12-15(21)9-10-17(14)25-19/h3-4,6-7,9-10,12-13,21H,2,5,8,11H2,1H3. The summed E-state index contributed by atoms with van der Waals surface area (Å²) in [5.74, 6) is 1.34. The molecule has 2 aromatic carbocycles. The van der Waals surface area contributed by atoms with Gasteiger partial charge in [0.2, 0.25) is 0 Å². The zero-order chi connectivity index (χ0) is 17.6. The van der Waals surface area contributed by atoms with Crippen molar-refractivity contribution >= 4 is 16.9 Å². The van der Waals surface area contributed by atoms with Crippen LogP contribution in [0.2, 0.25) is 0 Å². The summed E-state index contributed by atoms with van der Waals surface area (Å²) >= 11 is 0. The lowest BCUT2D eigenvalue weighted by Crippen LogP contribution is -2.07. The molecular weight excluding hydrogens is 320 g/mol. The fraction of sp³-hybridized carbons (Fsp3) is 0.250. The van der Waals surface area contributed by atoms with E-state index in [1.165, 1.54) is 0 Å². The minimum Gasteiger partial charge on any atom is -0.508 e. The predicted octanol–water partition coefficient (Wildman–Crippen LogP) is 4.53. The lowest BCUT2D eigenvalue weighted by molar-refractivity contribution is -0.143. The Balaban J connectivity index is 1.72. The van der Waals surface area contributed by atoms with Crippen LogP contribution in [0.5, 0.6) is 11.5 Å². The summed E-state index contributed by atoms with van der Waals surface area (Å²) in [5.41, 5.74) is 1.53. The van der Waals surface area contributed by atoms with Gasteiger partial charge in [-0.3, -0.25) is 4.79 Å². The number of rotatable bonds is 7. The molecule has 0 radical (unpaired) electrons. The molecule has 0 aliphatic heterocycles. The van der Waals surface area contributed by atoms with E-state index in [1.54, 1.807) is 25.1 Å². The van der Waals surface area contributed by atoms with Crippen molar-refractivity contribution in [2.45, 2.75) is 19.8 Å². The first-order valence-electron chi connectivity index (χ1n) is 8.27. The van der Waals surface area contributed by atoms with Gasteiger partial charge in [0, 0.05) is 11.8 Å². The third-order valence-electron chi connectivity index (χ3n) is 3.74. The molecule has 0 aliphatic rings. The first kappa shape index (κ1) is 16.9. The van der Waals surface area contributed by atoms with Gasteiger partial charge in [0.25, 0.3) is 0 Å². The zero-order valence-electron chi connectivity index (χ0n) is 14.0. The van der Waals surface area contributed by atoms with E-state index in [0.29, 0.717) is 43.1 Å². The van der Waals surface area contributed by atoms with Gasteiger partial charge >= 0.3 is 5.97 Å². The van der Waals surface area contributed by atoms with E-state index in [-0.39, 0.29) is 11.7 Å². The van der Waals surface area contributed by atoms with E-state index in [2.05, 4.69) is 0 Å². The van der Waals surface area contributed by atoms with Gasteiger partial charge < -0.3 is 19.0 Å². The molecule has 0 spiro atoms. The van der Waals surface area contributed by atoms with Crippen molar-refractivity contribution in [3.8, 4) is 22.8 Å². The minimum absolute atomic E-state index is 0.198. The van der Waals surface area contributed by atoms with E-state index in [0.717, 1.165) is 10.9 Å². The normalized spacial score (nSPS) is 10.8. The van der Waals surface area contributed by atoms with Gasteiger partial charge in [-0.1, -0.05) is 12.1 Å². The van der Waals surface area contributed by atoms with E-state index in [4.69, 9.17) is 13.9 Å². The lowest BCUT2D eigenvalue weighted by atomic mass is 10.1. The number of carbonyl (C=O) groups excluding carboxylic acids is 1. The van der Waals surface area contributed by atoms with Crippen molar-refractivity contribution in [1.29, 1.82) is 0 Å². The van der Waals surface area contributed by atoms with E-state index in [1.807, 2.05) is 30.3 Å². The molecular formula is C20H20O5. The van der Waals surface area contributed by atoms with Crippen LogP contribution < -0.4 is 4.74 Å². The quantitative estimate of drug-likeness (QED) is 0.505. The predicted molar refractivity (Wildman–Crippen MR) is 94.7 cm³/mol. The molecule has 1 heterocycles. The van der Waals surface area contributed by atoms with Crippen LogP contribution in [-0.4, -0.2) is 24.3 Å². The first-order chi connectivity index (χ1) is 12.2. The molecule has 1 N–H and O–H groups in total. The summed E-state index contributed by atoms with van der Waals surface area (Å²) in [5, 5.41) is 10.4. The zero-order valence-corrected chi connectivity index (χ0v) is 14.0. The van der Waals surface area contributed by atoms with Crippen LogP contribution in [0.25, 0.3) is 22.3 Å². The molecule has 5 heteroatoms. The highest BCUT2D eigenvalue weighted by Gasteiger charge is 2.12. The second kappa shape index (κ2) is 7.75. The van der Waals surface area contributed by atoms with Crippen LogP contribution in [-0.2, 0) is 9.53 Å². The number of ether oxygens (including phenoxy) is 2. The summed E-state index contributed by atoms with van der Waals surface area (Å²) in [7, 11) is 0. The van der Waals surface area contributed by atoms with Crippen LogP contribution in [0.1, 0.15) is 19.8 Å². The Morgan fingerprint density at radius 3 is 2.84 bits per heavy atom. The van der Waals surface area contributed by atoms with Crippen LogP contribution in [0, 0.1) is 0 Å². The molecule has 130 valence electrons. The second-order valence-electron chi connectivity index (χ2n) is 5.59. The Morgan fingerprint density at radius 2 is 2.00 bits per heavy atom. The average Bonchev–Trinajstić information content (AvgIpc) is 3.02. The number of fused-ring (bicyclic) bond motifs is 1. The van der Waals surface area contributed by atoms with Crippen molar-refractivity contribution in [2.75, 3.05) is 13.2 Å². The number of aromatic hydroxyl groups is 1. The largest absolute Gasteiger partial charge is 0.508 e. The monoisotopic (exact) mass is 340 g/mol. The summed E-state index contributed by atoms with van der Waals surface area (Å²) in [6.07, 6.45) is 0.918. The minimum atomic E-state index is -0.212. The van der Waals surface area contributed by atoms with Gasteiger partial charge in [-0.05, 0) is 49.7 Å². The smallest absolute Gasteiger partial charge is 0.305 e. The van der Waals surface area contributed by atoms with Crippen LogP contribution in [0.3, 0.4) is 0 Å². The van der Waals surface area contributed by atoms with Gasteiger partial charge in [-0.25, -0.2) is 0 Å². The van der Waals surface area contributed by atoms with Crippen molar-refractivity contribution in [3.63, 3.8) is 0 Å². The lowest BCUT2D eigenvalue weighted by Gasteiger charge is -2.09. The Labute approximate surface area is 145 Å². The molecule has 0 aliphatic carbocycles. The number of hydrogen-bond donors (Lipinski definition) is 1. The molecule has 0 bridgehead atoms. The average molecular weight is 340 g/mol. The molecule has 0 amide bonds. The van der Waals surface area contributed by atoms with E-state index >= 15 is 0 Å². The molecule has 1 aromatic heterocycles. The Hall–Kier alpha value is -2.95. The van der Waals surface area contributed by atoms with Crippen molar-refractivity contribution in [3.05, 3.63) is 48.5 Å². The number of hydrogen-bond acceptors (Lipinski definition) is 5. The Morgan fingerprint density at radius 1 is 1.16 bits per heavy atom. The van der Waals surface area contributed by atoms with Gasteiger partial charge in [0.1, 0.15) is 22.8 Å². The number of phenolic OH excluding ortho intramolecular Hbond substituents is 1. The molecule has 3 aromatic rings. The molecule has 0 unspecified atom stereocenters. The van der Waals surface area contributed by atoms with Crippen molar-refractivity contribution in [1.82, 2.24) is 0 Å². The Kier molecular flexibility index (Phi) is 5.23. The van der Waals surface area contributed by atoms with Crippen LogP contribution in [0.4, 0.5) is 0 Å². The second-order valence-corrected chi connectivity index (χ2v) is 5.59. The highest BCUT2D eigenvalue weighted by Crippen LogP contribution is 2.35.